The molecule has 88 valence electrons. The fraction of sp³-hybridized carbons (Fsp3) is 0.222. The Bertz CT molecular complexity index is 344. The lowest BCUT2D eigenvalue weighted by Gasteiger charge is -2.15. The summed E-state index contributed by atoms with van der Waals surface area (Å²) in [6.45, 7) is 0. The Morgan fingerprint density at radius 2 is 1.38 bits per heavy atom. The van der Waals surface area contributed by atoms with E-state index in [-0.39, 0.29) is 11.1 Å². The lowest BCUT2D eigenvalue weighted by Crippen LogP contribution is -2.18. The second-order valence-electron chi connectivity index (χ2n) is 2.76. The summed E-state index contributed by atoms with van der Waals surface area (Å²) in [6.07, 6.45) is 2.61. The summed E-state index contributed by atoms with van der Waals surface area (Å²) in [5.41, 5.74) is 4.77. The van der Waals surface area contributed by atoms with Crippen LogP contribution in [0.1, 0.15) is 12.8 Å². The third-order valence-electron chi connectivity index (χ3n) is 1.74. The molecule has 0 unspecified atom stereocenters. The number of hydrogen-bond donors (Lipinski definition) is 4. The van der Waals surface area contributed by atoms with Gasteiger partial charge >= 0.3 is 17.9 Å². The third-order valence-corrected chi connectivity index (χ3v) is 1.74. The number of rotatable bonds is 3. The third kappa shape index (κ3) is 4.27. The van der Waals surface area contributed by atoms with Gasteiger partial charge in [-0.05, 0) is 12.8 Å². The van der Waals surface area contributed by atoms with Gasteiger partial charge in [-0.15, -0.1) is 0 Å². The Hall–Kier alpha value is -2.31. The first kappa shape index (κ1) is 13.7. The van der Waals surface area contributed by atoms with Crippen LogP contribution in [0.4, 0.5) is 0 Å². The summed E-state index contributed by atoms with van der Waals surface area (Å²) in [5.74, 6) is -3.23. The van der Waals surface area contributed by atoms with Crippen LogP contribution in [0.25, 0.3) is 0 Å². The molecule has 0 spiro atoms. The number of carboxylic acid groups (broad SMARTS) is 3. The number of carbonyl (C=O) groups is 3. The van der Waals surface area contributed by atoms with Crippen molar-refractivity contribution in [3.8, 4) is 0 Å². The van der Waals surface area contributed by atoms with Crippen molar-refractivity contribution >= 4 is 17.9 Å². The predicted octanol–water partition coefficient (Wildman–Crippen LogP) is -0.211. The molecule has 0 aliphatic heterocycles. The maximum absolute atomic E-state index is 10.2. The molecular weight excluding hydrogens is 218 g/mol. The highest BCUT2D eigenvalue weighted by Gasteiger charge is 2.27. The normalized spacial score (nSPS) is 13.8. The molecule has 1 aliphatic rings. The van der Waals surface area contributed by atoms with Gasteiger partial charge in [0.05, 0.1) is 0 Å². The van der Waals surface area contributed by atoms with Crippen molar-refractivity contribution in [1.29, 1.82) is 0 Å². The van der Waals surface area contributed by atoms with E-state index in [2.05, 4.69) is 5.73 Å². The SMILES string of the molecule is NC=CC(=O)O.O=C(O)C1=C(C(=O)O)CC1. The molecule has 0 fully saturated rings. The van der Waals surface area contributed by atoms with Gasteiger partial charge in [0.2, 0.25) is 0 Å². The van der Waals surface area contributed by atoms with Crippen LogP contribution < -0.4 is 5.73 Å². The fourth-order valence-electron chi connectivity index (χ4n) is 0.929. The Morgan fingerprint density at radius 3 is 1.44 bits per heavy atom. The standard InChI is InChI=1S/C6H6O4.C3H5NO2/c7-5(8)3-1-2-4(3)6(9)10;4-2-1-3(5)6/h1-2H2,(H,7,8)(H,9,10);1-2H,4H2,(H,5,6). The van der Waals surface area contributed by atoms with E-state index in [1.54, 1.807) is 0 Å². The van der Waals surface area contributed by atoms with Crippen LogP contribution >= 0.6 is 0 Å². The second kappa shape index (κ2) is 6.23. The van der Waals surface area contributed by atoms with Crippen molar-refractivity contribution < 1.29 is 29.7 Å². The van der Waals surface area contributed by atoms with Crippen molar-refractivity contribution in [2.24, 2.45) is 5.73 Å². The van der Waals surface area contributed by atoms with Gasteiger partial charge in [0, 0.05) is 23.4 Å². The molecular formula is C9H11NO6. The number of carboxylic acids is 3. The van der Waals surface area contributed by atoms with E-state index in [9.17, 15) is 14.4 Å². The van der Waals surface area contributed by atoms with E-state index in [0.717, 1.165) is 12.3 Å². The largest absolute Gasteiger partial charge is 0.478 e. The molecule has 5 N–H and O–H groups in total. The molecule has 1 rings (SSSR count). The van der Waals surface area contributed by atoms with Crippen molar-refractivity contribution in [2.75, 3.05) is 0 Å². The maximum Gasteiger partial charge on any atom is 0.332 e. The van der Waals surface area contributed by atoms with Crippen LogP contribution in [-0.2, 0) is 14.4 Å². The van der Waals surface area contributed by atoms with Gasteiger partial charge < -0.3 is 21.1 Å². The molecule has 0 heterocycles. The molecule has 0 saturated carbocycles. The highest BCUT2D eigenvalue weighted by molar-refractivity contribution is 6.01. The van der Waals surface area contributed by atoms with Gasteiger partial charge in [0.1, 0.15) is 0 Å². The lowest BCUT2D eigenvalue weighted by atomic mass is 9.89. The van der Waals surface area contributed by atoms with Crippen molar-refractivity contribution in [3.05, 3.63) is 23.4 Å². The maximum atomic E-state index is 10.2. The van der Waals surface area contributed by atoms with Crippen LogP contribution in [0.3, 0.4) is 0 Å². The van der Waals surface area contributed by atoms with Crippen LogP contribution in [0.5, 0.6) is 0 Å². The summed E-state index contributed by atoms with van der Waals surface area (Å²) in [7, 11) is 0. The first-order valence-corrected chi connectivity index (χ1v) is 4.20. The lowest BCUT2D eigenvalue weighted by molar-refractivity contribution is -0.137. The summed E-state index contributed by atoms with van der Waals surface area (Å²) in [6, 6.07) is 0. The minimum Gasteiger partial charge on any atom is -0.478 e. The molecule has 0 bridgehead atoms. The molecule has 16 heavy (non-hydrogen) atoms. The van der Waals surface area contributed by atoms with E-state index in [1.807, 2.05) is 0 Å². The van der Waals surface area contributed by atoms with E-state index in [1.165, 1.54) is 0 Å². The van der Waals surface area contributed by atoms with Gasteiger partial charge in [-0.2, -0.15) is 0 Å². The molecule has 0 aromatic rings. The van der Waals surface area contributed by atoms with Gasteiger partial charge in [-0.3, -0.25) is 0 Å². The van der Waals surface area contributed by atoms with Crippen molar-refractivity contribution in [1.82, 2.24) is 0 Å². The van der Waals surface area contributed by atoms with Crippen LogP contribution in [0, 0.1) is 0 Å². The zero-order valence-corrected chi connectivity index (χ0v) is 8.21. The van der Waals surface area contributed by atoms with Gasteiger partial charge in [0.15, 0.2) is 0 Å². The molecule has 0 saturated heterocycles. The van der Waals surface area contributed by atoms with Crippen molar-refractivity contribution in [3.63, 3.8) is 0 Å². The van der Waals surface area contributed by atoms with Gasteiger partial charge in [-0.1, -0.05) is 0 Å². The quantitative estimate of drug-likeness (QED) is 0.491. The van der Waals surface area contributed by atoms with Crippen LogP contribution in [-0.4, -0.2) is 33.2 Å². The van der Waals surface area contributed by atoms with Crippen molar-refractivity contribution in [2.45, 2.75) is 12.8 Å². The Kier molecular flexibility index (Phi) is 5.33. The van der Waals surface area contributed by atoms with Gasteiger partial charge in [-0.25, -0.2) is 14.4 Å². The van der Waals surface area contributed by atoms with Gasteiger partial charge in [0.25, 0.3) is 0 Å². The minimum absolute atomic E-state index is 0.0486. The van der Waals surface area contributed by atoms with E-state index < -0.39 is 17.9 Å². The zero-order valence-electron chi connectivity index (χ0n) is 8.21. The smallest absolute Gasteiger partial charge is 0.332 e. The molecule has 1 aliphatic carbocycles. The molecule has 0 aromatic carbocycles. The molecule has 7 nitrogen and oxygen atoms in total. The Morgan fingerprint density at radius 1 is 1.00 bits per heavy atom. The zero-order chi connectivity index (χ0) is 12.7. The fourth-order valence-corrected chi connectivity index (χ4v) is 0.929. The van der Waals surface area contributed by atoms with E-state index in [0.29, 0.717) is 12.8 Å². The highest BCUT2D eigenvalue weighted by Crippen LogP contribution is 2.27. The van der Waals surface area contributed by atoms with Crippen LogP contribution in [0.15, 0.2) is 23.4 Å². The monoisotopic (exact) mass is 229 g/mol. The Labute approximate surface area is 90.5 Å². The average molecular weight is 229 g/mol. The number of hydrogen-bond acceptors (Lipinski definition) is 4. The first-order valence-electron chi connectivity index (χ1n) is 4.20. The first-order chi connectivity index (χ1) is 7.40. The Balaban J connectivity index is 0.000000325. The highest BCUT2D eigenvalue weighted by atomic mass is 16.4. The number of nitrogens with two attached hydrogens (primary N) is 1. The molecule has 0 atom stereocenters. The van der Waals surface area contributed by atoms with Crippen LogP contribution in [0.2, 0.25) is 0 Å². The molecule has 7 heteroatoms. The summed E-state index contributed by atoms with van der Waals surface area (Å²) in [5, 5.41) is 24.4. The minimum atomic E-state index is -1.11. The van der Waals surface area contributed by atoms with E-state index in [4.69, 9.17) is 15.3 Å². The summed E-state index contributed by atoms with van der Waals surface area (Å²) < 4.78 is 0. The van der Waals surface area contributed by atoms with E-state index >= 15 is 0 Å². The second-order valence-corrected chi connectivity index (χ2v) is 2.76. The predicted molar refractivity (Wildman–Crippen MR) is 52.5 cm³/mol. The molecule has 0 amide bonds. The molecule has 0 radical (unpaired) electrons. The molecule has 0 aromatic heterocycles. The number of aliphatic carboxylic acids is 3. The topological polar surface area (TPSA) is 138 Å². The summed E-state index contributed by atoms with van der Waals surface area (Å²) in [4.78, 5) is 29.8. The summed E-state index contributed by atoms with van der Waals surface area (Å²) >= 11 is 0. The average Bonchev–Trinajstić information content (AvgIpc) is 1.99.